The molecule has 0 atom stereocenters. The summed E-state index contributed by atoms with van der Waals surface area (Å²) in [5, 5.41) is 0. The van der Waals surface area contributed by atoms with E-state index in [2.05, 4.69) is 17.9 Å². The summed E-state index contributed by atoms with van der Waals surface area (Å²) < 4.78 is 19.1. The Morgan fingerprint density at radius 1 is 1.67 bits per heavy atom. The van der Waals surface area contributed by atoms with E-state index < -0.39 is 4.71 Å². The van der Waals surface area contributed by atoms with E-state index in [9.17, 15) is 8.78 Å². The van der Waals surface area contributed by atoms with E-state index in [0.717, 1.165) is 0 Å². The molecule has 0 aromatic carbocycles. The third kappa shape index (κ3) is 4.50. The van der Waals surface area contributed by atoms with Crippen molar-refractivity contribution in [3.63, 3.8) is 0 Å². The number of thioether (sulfide) groups is 1. The Morgan fingerprint density at radius 2 is 1.83 bits per heavy atom. The predicted octanol–water partition coefficient (Wildman–Crippen LogP) is 2.30. The minimum atomic E-state index is -3.18. The Kier molecular flexibility index (Phi) is 2.15. The van der Waals surface area contributed by atoms with Gasteiger partial charge >= 0.3 is 4.71 Å². The first-order valence-corrected chi connectivity index (χ1v) is 2.42. The molecule has 6 heavy (non-hydrogen) atoms. The highest BCUT2D eigenvalue weighted by molar-refractivity contribution is 8.02. The Labute approximate surface area is 43.9 Å². The molecule has 0 aliphatic carbocycles. The highest BCUT2D eigenvalue weighted by Crippen LogP contribution is 2.31. The maximum atomic E-state index is 11.1. The standard InChI is InChI=1S/C2H2ClF2S/c1-6-2(3,4)5/h1H2. The minimum absolute atomic E-state index is 0.0640. The average molecular weight is 132 g/mol. The van der Waals surface area contributed by atoms with Gasteiger partial charge in [-0.25, -0.2) is 0 Å². The van der Waals surface area contributed by atoms with Crippen molar-refractivity contribution < 1.29 is 8.78 Å². The van der Waals surface area contributed by atoms with E-state index in [1.807, 2.05) is 0 Å². The fourth-order valence-corrected chi connectivity index (χ4v) is 0. The van der Waals surface area contributed by atoms with Gasteiger partial charge in [-0.15, -0.1) is 0 Å². The summed E-state index contributed by atoms with van der Waals surface area (Å²) in [6.45, 7) is 0. The molecule has 0 aromatic heterocycles. The molecule has 0 fully saturated rings. The number of rotatable bonds is 1. The van der Waals surface area contributed by atoms with Gasteiger partial charge in [0.05, 0.1) is 0 Å². The molecule has 0 spiro atoms. The summed E-state index contributed by atoms with van der Waals surface area (Å²) in [4.78, 5) is 0. The zero-order valence-electron chi connectivity index (χ0n) is 2.75. The molecule has 0 bridgehead atoms. The predicted molar refractivity (Wildman–Crippen MR) is 23.7 cm³/mol. The second-order valence-corrected chi connectivity index (χ2v) is 2.09. The Bertz CT molecular complexity index is 41.3. The van der Waals surface area contributed by atoms with Crippen LogP contribution in [0.5, 0.6) is 0 Å². The third-order valence-electron chi connectivity index (χ3n) is 0.164. The van der Waals surface area contributed by atoms with E-state index in [1.165, 1.54) is 0 Å². The van der Waals surface area contributed by atoms with Gasteiger partial charge in [0, 0.05) is 6.26 Å². The van der Waals surface area contributed by atoms with Crippen molar-refractivity contribution in [2.45, 2.75) is 4.71 Å². The van der Waals surface area contributed by atoms with E-state index in [0.29, 0.717) is 0 Å². The lowest BCUT2D eigenvalue weighted by Crippen LogP contribution is -1.92. The second-order valence-electron chi connectivity index (χ2n) is 0.590. The van der Waals surface area contributed by atoms with Crippen LogP contribution in [-0.2, 0) is 0 Å². The molecule has 4 heteroatoms. The van der Waals surface area contributed by atoms with Crippen LogP contribution in [0.25, 0.3) is 0 Å². The van der Waals surface area contributed by atoms with Crippen molar-refractivity contribution in [2.75, 3.05) is 0 Å². The largest absolute Gasteiger partial charge is 0.371 e. The molecule has 0 rings (SSSR count). The number of hydrogen-bond donors (Lipinski definition) is 0. The van der Waals surface area contributed by atoms with Crippen molar-refractivity contribution in [3.05, 3.63) is 6.26 Å². The molecule has 0 N–H and O–H groups in total. The molecule has 0 saturated heterocycles. The van der Waals surface area contributed by atoms with Crippen molar-refractivity contribution >= 4 is 23.4 Å². The molecule has 37 valence electrons. The molecule has 0 amide bonds. The highest BCUT2D eigenvalue weighted by atomic mass is 35.5. The summed E-state index contributed by atoms with van der Waals surface area (Å²) in [7, 11) is 0. The molecule has 0 nitrogen and oxygen atoms in total. The van der Waals surface area contributed by atoms with Gasteiger partial charge < -0.3 is 0 Å². The van der Waals surface area contributed by atoms with Crippen LogP contribution in [0.2, 0.25) is 0 Å². The van der Waals surface area contributed by atoms with E-state index in [-0.39, 0.29) is 11.8 Å². The maximum absolute atomic E-state index is 11.1. The first-order valence-electron chi connectivity index (χ1n) is 1.06. The Morgan fingerprint density at radius 3 is 1.83 bits per heavy atom. The SMILES string of the molecule is [CH2]SC(F)(F)Cl. The van der Waals surface area contributed by atoms with Crippen LogP contribution >= 0.6 is 23.4 Å². The lowest BCUT2D eigenvalue weighted by molar-refractivity contribution is 0.204. The minimum Gasteiger partial charge on any atom is -0.177 e. The van der Waals surface area contributed by atoms with Gasteiger partial charge in [-0.3, -0.25) is 0 Å². The van der Waals surface area contributed by atoms with Crippen molar-refractivity contribution in [3.8, 4) is 0 Å². The molecule has 0 unspecified atom stereocenters. The van der Waals surface area contributed by atoms with Crippen LogP contribution in [-0.4, -0.2) is 4.71 Å². The molecule has 0 aromatic rings. The number of alkyl halides is 3. The van der Waals surface area contributed by atoms with E-state index in [4.69, 9.17) is 0 Å². The van der Waals surface area contributed by atoms with Gasteiger partial charge in [0.25, 0.3) is 0 Å². The van der Waals surface area contributed by atoms with Crippen molar-refractivity contribution in [1.82, 2.24) is 0 Å². The van der Waals surface area contributed by atoms with Crippen LogP contribution in [0, 0.1) is 6.26 Å². The number of hydrogen-bond acceptors (Lipinski definition) is 1. The molecule has 0 aliphatic rings. The van der Waals surface area contributed by atoms with Gasteiger partial charge in [-0.2, -0.15) is 8.78 Å². The third-order valence-corrected chi connectivity index (χ3v) is 0.818. The topological polar surface area (TPSA) is 0 Å². The molecule has 0 heterocycles. The van der Waals surface area contributed by atoms with E-state index in [1.54, 1.807) is 0 Å². The maximum Gasteiger partial charge on any atom is 0.371 e. The first-order chi connectivity index (χ1) is 2.56. The monoisotopic (exact) mass is 131 g/mol. The summed E-state index contributed by atoms with van der Waals surface area (Å²) in [6, 6.07) is 0. The quantitative estimate of drug-likeness (QED) is 0.492. The first kappa shape index (κ1) is 6.50. The van der Waals surface area contributed by atoms with Crippen LogP contribution in [0.4, 0.5) is 8.78 Å². The fourth-order valence-electron chi connectivity index (χ4n) is 0. The van der Waals surface area contributed by atoms with Crippen molar-refractivity contribution in [2.24, 2.45) is 0 Å². The summed E-state index contributed by atoms with van der Waals surface area (Å²) >= 11 is 4.35. The number of halogens is 3. The summed E-state index contributed by atoms with van der Waals surface area (Å²) in [5.74, 6) is 0. The summed E-state index contributed by atoms with van der Waals surface area (Å²) in [6.07, 6.45) is 2.79. The lowest BCUT2D eigenvalue weighted by atomic mass is 11.6. The van der Waals surface area contributed by atoms with Crippen LogP contribution in [0.15, 0.2) is 0 Å². The van der Waals surface area contributed by atoms with Gasteiger partial charge in [0.15, 0.2) is 0 Å². The average Bonchev–Trinajstić information content (AvgIpc) is 1.35. The fraction of sp³-hybridized carbons (Fsp3) is 0.500. The van der Waals surface area contributed by atoms with Crippen LogP contribution in [0.1, 0.15) is 0 Å². The van der Waals surface area contributed by atoms with E-state index >= 15 is 0 Å². The van der Waals surface area contributed by atoms with Crippen LogP contribution < -0.4 is 0 Å². The molecular formula is C2H2ClF2S. The van der Waals surface area contributed by atoms with Gasteiger partial charge in [0.1, 0.15) is 0 Å². The summed E-state index contributed by atoms with van der Waals surface area (Å²) in [5.41, 5.74) is 0. The normalized spacial score (nSPS) is 12.0. The molecule has 1 radical (unpaired) electrons. The van der Waals surface area contributed by atoms with Gasteiger partial charge in [0.2, 0.25) is 0 Å². The Hall–Kier alpha value is 0.500. The van der Waals surface area contributed by atoms with Gasteiger partial charge in [-0.05, 0) is 11.6 Å². The zero-order valence-corrected chi connectivity index (χ0v) is 4.32. The smallest absolute Gasteiger partial charge is 0.177 e. The molecule has 0 saturated carbocycles. The zero-order chi connectivity index (χ0) is 5.21. The molecular weight excluding hydrogens is 130 g/mol. The Balaban J connectivity index is 3.17. The van der Waals surface area contributed by atoms with Gasteiger partial charge in [-0.1, -0.05) is 11.8 Å². The highest BCUT2D eigenvalue weighted by Gasteiger charge is 2.21. The second kappa shape index (κ2) is 1.98. The van der Waals surface area contributed by atoms with Crippen molar-refractivity contribution in [1.29, 1.82) is 0 Å². The molecule has 0 aliphatic heterocycles. The lowest BCUT2D eigenvalue weighted by Gasteiger charge is -1.97. The van der Waals surface area contributed by atoms with Crippen LogP contribution in [0.3, 0.4) is 0 Å².